The number of methoxy groups -OCH3 is 2. The van der Waals surface area contributed by atoms with Gasteiger partial charge < -0.3 is 19.6 Å². The number of hydrogen-bond acceptors (Lipinski definition) is 4. The monoisotopic (exact) mass is 370 g/mol. The molecule has 0 aliphatic carbocycles. The Bertz CT molecular complexity index is 794. The average Bonchev–Trinajstić information content (AvgIpc) is 2.72. The maximum Gasteiger partial charge on any atom is 0.320 e. The van der Waals surface area contributed by atoms with Crippen molar-refractivity contribution in [3.8, 4) is 11.5 Å². The molecule has 1 unspecified atom stereocenters. The van der Waals surface area contributed by atoms with Crippen LogP contribution in [0.25, 0.3) is 0 Å². The molecule has 2 heterocycles. The Balaban J connectivity index is 1.71. The molecule has 0 bridgehead atoms. The number of ether oxygens (including phenoxy) is 2. The van der Waals surface area contributed by atoms with Crippen molar-refractivity contribution < 1.29 is 19.0 Å². The van der Waals surface area contributed by atoms with Crippen molar-refractivity contribution in [2.24, 2.45) is 0 Å². The summed E-state index contributed by atoms with van der Waals surface area (Å²) in [7, 11) is 3.25. The van der Waals surface area contributed by atoms with Crippen molar-refractivity contribution in [2.45, 2.75) is 38.1 Å². The molecule has 1 aliphatic rings. The summed E-state index contributed by atoms with van der Waals surface area (Å²) in [4.78, 5) is 14.8. The Morgan fingerprint density at radius 2 is 2.00 bits per heavy atom. The molecule has 3 rings (SSSR count). The Hall–Kier alpha value is -2.76. The third-order valence-electron chi connectivity index (χ3n) is 5.15. The molecule has 0 saturated carbocycles. The lowest BCUT2D eigenvalue weighted by Crippen LogP contribution is -2.48. The van der Waals surface area contributed by atoms with Crippen LogP contribution in [0.4, 0.5) is 0 Å². The van der Waals surface area contributed by atoms with Gasteiger partial charge in [-0.1, -0.05) is 6.07 Å². The number of likely N-dealkylation sites (tertiary alicyclic amines) is 1. The molecule has 6 nitrogen and oxygen atoms in total. The van der Waals surface area contributed by atoms with Crippen molar-refractivity contribution >= 4 is 5.91 Å². The van der Waals surface area contributed by atoms with Crippen molar-refractivity contribution in [3.05, 3.63) is 59.1 Å². The number of amides is 1. The first kappa shape index (κ1) is 19.0. The van der Waals surface area contributed by atoms with Crippen molar-refractivity contribution in [2.75, 3.05) is 20.8 Å². The highest BCUT2D eigenvalue weighted by Gasteiger charge is 2.30. The van der Waals surface area contributed by atoms with Gasteiger partial charge in [-0.05, 0) is 55.9 Å². The fraction of sp³-hybridized carbons (Fsp3) is 0.429. The van der Waals surface area contributed by atoms with E-state index in [1.165, 1.54) is 6.20 Å². The third-order valence-corrected chi connectivity index (χ3v) is 5.15. The van der Waals surface area contributed by atoms with Gasteiger partial charge >= 0.3 is 5.91 Å². The average molecular weight is 370 g/mol. The molecule has 1 aromatic heterocycles. The minimum atomic E-state index is -0.178. The topological polar surface area (TPSA) is 65.7 Å². The van der Waals surface area contributed by atoms with E-state index in [2.05, 4.69) is 0 Å². The second-order valence-electron chi connectivity index (χ2n) is 6.79. The van der Waals surface area contributed by atoms with Crippen LogP contribution < -0.4 is 14.2 Å². The number of pyridine rings is 1. The van der Waals surface area contributed by atoms with E-state index < -0.39 is 0 Å². The van der Waals surface area contributed by atoms with Crippen LogP contribution in [0.3, 0.4) is 0 Å². The van der Waals surface area contributed by atoms with E-state index in [-0.39, 0.29) is 17.6 Å². The number of aryl methyl sites for hydroxylation is 1. The Kier molecular flexibility index (Phi) is 6.16. The van der Waals surface area contributed by atoms with E-state index in [0.717, 1.165) is 37.7 Å². The highest BCUT2D eigenvalue weighted by molar-refractivity contribution is 5.91. The van der Waals surface area contributed by atoms with Gasteiger partial charge in [-0.3, -0.25) is 4.79 Å². The van der Waals surface area contributed by atoms with E-state index in [4.69, 9.17) is 9.47 Å². The zero-order chi connectivity index (χ0) is 19.2. The Labute approximate surface area is 159 Å². The molecule has 1 fully saturated rings. The number of carbonyl (C=O) groups is 1. The summed E-state index contributed by atoms with van der Waals surface area (Å²) in [6.07, 6.45) is 6.10. The van der Waals surface area contributed by atoms with Gasteiger partial charge in [-0.25, -0.2) is 0 Å². The first-order valence-electron chi connectivity index (χ1n) is 9.34. The predicted octanol–water partition coefficient (Wildman–Crippen LogP) is 2.96. The minimum absolute atomic E-state index is 0.138. The van der Waals surface area contributed by atoms with E-state index in [1.807, 2.05) is 23.1 Å². The lowest BCUT2D eigenvalue weighted by Gasteiger charge is -2.35. The number of piperidine rings is 1. The summed E-state index contributed by atoms with van der Waals surface area (Å²) in [5.41, 5.74) is 1.33. The van der Waals surface area contributed by atoms with Gasteiger partial charge in [-0.2, -0.15) is 4.73 Å². The number of benzene rings is 1. The molecule has 1 atom stereocenters. The summed E-state index contributed by atoms with van der Waals surface area (Å²) in [6, 6.07) is 11.0. The van der Waals surface area contributed by atoms with Crippen LogP contribution in [-0.4, -0.2) is 37.6 Å². The molecule has 0 spiro atoms. The molecule has 27 heavy (non-hydrogen) atoms. The fourth-order valence-electron chi connectivity index (χ4n) is 3.68. The molecular formula is C21H26N2O4. The minimum Gasteiger partial charge on any atom is -0.618 e. The van der Waals surface area contributed by atoms with Gasteiger partial charge in [0.25, 0.3) is 5.69 Å². The van der Waals surface area contributed by atoms with Gasteiger partial charge in [0.2, 0.25) is 0 Å². The zero-order valence-electron chi connectivity index (χ0n) is 15.9. The van der Waals surface area contributed by atoms with Crippen LogP contribution in [0.1, 0.15) is 41.7 Å². The summed E-state index contributed by atoms with van der Waals surface area (Å²) >= 11 is 0. The van der Waals surface area contributed by atoms with E-state index in [0.29, 0.717) is 22.8 Å². The molecule has 1 amide bonds. The van der Waals surface area contributed by atoms with E-state index in [9.17, 15) is 10.0 Å². The number of nitrogens with zero attached hydrogens (tertiary/aromatic N) is 2. The van der Waals surface area contributed by atoms with E-state index in [1.54, 1.807) is 32.4 Å². The van der Waals surface area contributed by atoms with Crippen molar-refractivity contribution in [3.63, 3.8) is 0 Å². The zero-order valence-corrected chi connectivity index (χ0v) is 15.9. The summed E-state index contributed by atoms with van der Waals surface area (Å²) in [5.74, 6) is 1.24. The number of aromatic nitrogens is 1. The van der Waals surface area contributed by atoms with Crippen LogP contribution in [-0.2, 0) is 6.42 Å². The summed E-state index contributed by atoms with van der Waals surface area (Å²) in [5, 5.41) is 12.0. The van der Waals surface area contributed by atoms with Crippen LogP contribution in [0, 0.1) is 5.21 Å². The van der Waals surface area contributed by atoms with Crippen LogP contribution in [0.5, 0.6) is 11.5 Å². The van der Waals surface area contributed by atoms with Gasteiger partial charge in [0.1, 0.15) is 0 Å². The molecule has 1 aromatic carbocycles. The quantitative estimate of drug-likeness (QED) is 0.579. The first-order chi connectivity index (χ1) is 13.1. The SMILES string of the molecule is COc1ccc(CCC2CCCCN2C(=O)c2cccc[n+]2[O-])cc1OC. The first-order valence-corrected chi connectivity index (χ1v) is 9.34. The molecule has 1 saturated heterocycles. The number of rotatable bonds is 6. The maximum atomic E-state index is 12.9. The normalized spacial score (nSPS) is 16.8. The molecule has 6 heteroatoms. The standard InChI is InChI=1S/C21H26N2O4/c1-26-19-12-10-16(15-20(19)27-2)9-11-17-7-3-5-13-22(17)21(24)18-8-4-6-14-23(18)25/h4,6,8,10,12,14-15,17H,3,5,7,9,11,13H2,1-2H3. The third kappa shape index (κ3) is 4.32. The largest absolute Gasteiger partial charge is 0.618 e. The number of hydrogen-bond donors (Lipinski definition) is 0. The van der Waals surface area contributed by atoms with Crippen molar-refractivity contribution in [1.82, 2.24) is 4.90 Å². The molecule has 0 radical (unpaired) electrons. The predicted molar refractivity (Wildman–Crippen MR) is 102 cm³/mol. The number of carbonyl (C=O) groups excluding carboxylic acids is 1. The maximum absolute atomic E-state index is 12.9. The lowest BCUT2D eigenvalue weighted by molar-refractivity contribution is -0.608. The molecule has 0 N–H and O–H groups in total. The van der Waals surface area contributed by atoms with Crippen LogP contribution >= 0.6 is 0 Å². The summed E-state index contributed by atoms with van der Waals surface area (Å²) < 4.78 is 11.3. The lowest BCUT2D eigenvalue weighted by atomic mass is 9.95. The molecule has 144 valence electrons. The van der Waals surface area contributed by atoms with Crippen LogP contribution in [0.2, 0.25) is 0 Å². The van der Waals surface area contributed by atoms with Crippen molar-refractivity contribution in [1.29, 1.82) is 0 Å². The van der Waals surface area contributed by atoms with Gasteiger partial charge in [0.15, 0.2) is 17.7 Å². The second-order valence-corrected chi connectivity index (χ2v) is 6.79. The van der Waals surface area contributed by atoms with E-state index >= 15 is 0 Å². The van der Waals surface area contributed by atoms with Crippen LogP contribution in [0.15, 0.2) is 42.6 Å². The van der Waals surface area contributed by atoms with Gasteiger partial charge in [0, 0.05) is 24.7 Å². The highest BCUT2D eigenvalue weighted by atomic mass is 16.5. The summed E-state index contributed by atoms with van der Waals surface area (Å²) in [6.45, 7) is 0.699. The molecule has 1 aliphatic heterocycles. The Morgan fingerprint density at radius 1 is 1.19 bits per heavy atom. The molecule has 2 aromatic rings. The fourth-order valence-corrected chi connectivity index (χ4v) is 3.68. The Morgan fingerprint density at radius 3 is 2.74 bits per heavy atom. The van der Waals surface area contributed by atoms with Gasteiger partial charge in [0.05, 0.1) is 14.2 Å². The second kappa shape index (κ2) is 8.75. The molecular weight excluding hydrogens is 344 g/mol. The smallest absolute Gasteiger partial charge is 0.320 e. The highest BCUT2D eigenvalue weighted by Crippen LogP contribution is 2.29. The van der Waals surface area contributed by atoms with Gasteiger partial charge in [-0.15, -0.1) is 0 Å².